The van der Waals surface area contributed by atoms with Gasteiger partial charge >= 0.3 is 5.97 Å². The summed E-state index contributed by atoms with van der Waals surface area (Å²) in [6.07, 6.45) is 0. The van der Waals surface area contributed by atoms with E-state index < -0.39 is 11.0 Å². The SMILES string of the molecule is C[C@H](c1ccccc1)C(C)(C)C(=O)OC(C)(C)C. The van der Waals surface area contributed by atoms with Gasteiger partial charge in [-0.05, 0) is 46.1 Å². The number of ether oxygens (including phenoxy) is 1. The maximum Gasteiger partial charge on any atom is 0.312 e. The quantitative estimate of drug-likeness (QED) is 0.751. The highest BCUT2D eigenvalue weighted by Gasteiger charge is 2.38. The first-order valence-corrected chi connectivity index (χ1v) is 6.43. The lowest BCUT2D eigenvalue weighted by atomic mass is 9.76. The van der Waals surface area contributed by atoms with Crippen LogP contribution in [0.15, 0.2) is 30.3 Å². The van der Waals surface area contributed by atoms with E-state index in [0.717, 1.165) is 5.56 Å². The Labute approximate surface area is 110 Å². The van der Waals surface area contributed by atoms with Crippen LogP contribution in [0.4, 0.5) is 0 Å². The molecule has 0 fully saturated rings. The Morgan fingerprint density at radius 2 is 1.56 bits per heavy atom. The van der Waals surface area contributed by atoms with Crippen LogP contribution < -0.4 is 0 Å². The van der Waals surface area contributed by atoms with Crippen LogP contribution in [0.1, 0.15) is 53.0 Å². The number of rotatable bonds is 3. The standard InChI is InChI=1S/C16H24O2/c1-12(13-10-8-7-9-11-13)16(5,6)14(17)18-15(2,3)4/h7-12H,1-6H3/t12-/m1/s1. The molecule has 0 spiro atoms. The Kier molecular flexibility index (Phi) is 4.20. The van der Waals surface area contributed by atoms with Crippen molar-refractivity contribution in [2.75, 3.05) is 0 Å². The molecule has 1 aromatic rings. The second kappa shape index (κ2) is 5.13. The van der Waals surface area contributed by atoms with E-state index in [1.807, 2.05) is 52.8 Å². The van der Waals surface area contributed by atoms with Crippen molar-refractivity contribution in [2.45, 2.75) is 53.1 Å². The first-order chi connectivity index (χ1) is 8.14. The molecule has 0 radical (unpaired) electrons. The van der Waals surface area contributed by atoms with Crippen LogP contribution in [0.25, 0.3) is 0 Å². The van der Waals surface area contributed by atoms with Gasteiger partial charge in [-0.25, -0.2) is 0 Å². The van der Waals surface area contributed by atoms with Gasteiger partial charge in [0, 0.05) is 0 Å². The molecule has 1 rings (SSSR count). The van der Waals surface area contributed by atoms with Gasteiger partial charge in [0.25, 0.3) is 0 Å². The zero-order chi connectivity index (χ0) is 14.0. The van der Waals surface area contributed by atoms with Crippen molar-refractivity contribution in [1.29, 1.82) is 0 Å². The highest BCUT2D eigenvalue weighted by atomic mass is 16.6. The van der Waals surface area contributed by atoms with Crippen molar-refractivity contribution < 1.29 is 9.53 Å². The summed E-state index contributed by atoms with van der Waals surface area (Å²) in [5, 5.41) is 0. The van der Waals surface area contributed by atoms with E-state index in [-0.39, 0.29) is 11.9 Å². The molecule has 0 amide bonds. The van der Waals surface area contributed by atoms with Crippen LogP contribution in [-0.2, 0) is 9.53 Å². The minimum Gasteiger partial charge on any atom is -0.460 e. The maximum absolute atomic E-state index is 12.3. The van der Waals surface area contributed by atoms with E-state index >= 15 is 0 Å². The molecule has 0 heterocycles. The van der Waals surface area contributed by atoms with E-state index in [1.54, 1.807) is 0 Å². The van der Waals surface area contributed by atoms with E-state index in [4.69, 9.17) is 4.74 Å². The third kappa shape index (κ3) is 3.59. The Morgan fingerprint density at radius 1 is 1.06 bits per heavy atom. The Balaban J connectivity index is 2.89. The van der Waals surface area contributed by atoms with Crippen LogP contribution in [0, 0.1) is 5.41 Å². The van der Waals surface area contributed by atoms with Crippen molar-refractivity contribution >= 4 is 5.97 Å². The van der Waals surface area contributed by atoms with Crippen molar-refractivity contribution in [1.82, 2.24) is 0 Å². The minimum atomic E-state index is -0.533. The average molecular weight is 248 g/mol. The Bertz CT molecular complexity index is 399. The molecule has 0 saturated carbocycles. The lowest BCUT2D eigenvalue weighted by molar-refractivity contribution is -0.166. The largest absolute Gasteiger partial charge is 0.460 e. The zero-order valence-electron chi connectivity index (χ0n) is 12.3. The van der Waals surface area contributed by atoms with Gasteiger partial charge < -0.3 is 4.74 Å². The lowest BCUT2D eigenvalue weighted by Crippen LogP contribution is -2.37. The lowest BCUT2D eigenvalue weighted by Gasteiger charge is -2.33. The molecule has 2 nitrogen and oxygen atoms in total. The summed E-state index contributed by atoms with van der Waals surface area (Å²) < 4.78 is 5.51. The van der Waals surface area contributed by atoms with E-state index in [1.165, 1.54) is 0 Å². The van der Waals surface area contributed by atoms with Crippen LogP contribution in [0.3, 0.4) is 0 Å². The Hall–Kier alpha value is -1.31. The van der Waals surface area contributed by atoms with Crippen LogP contribution in [0.5, 0.6) is 0 Å². The highest BCUT2D eigenvalue weighted by Crippen LogP contribution is 2.37. The molecular formula is C16H24O2. The third-order valence-electron chi connectivity index (χ3n) is 3.31. The molecule has 0 N–H and O–H groups in total. The molecule has 0 bridgehead atoms. The number of esters is 1. The van der Waals surface area contributed by atoms with Gasteiger partial charge in [-0.2, -0.15) is 0 Å². The van der Waals surface area contributed by atoms with Gasteiger partial charge in [0.15, 0.2) is 0 Å². The summed E-state index contributed by atoms with van der Waals surface area (Å²) in [6.45, 7) is 11.6. The van der Waals surface area contributed by atoms with Crippen molar-refractivity contribution in [3.63, 3.8) is 0 Å². The molecule has 18 heavy (non-hydrogen) atoms. The molecule has 0 aromatic heterocycles. The van der Waals surface area contributed by atoms with Gasteiger partial charge in [0.2, 0.25) is 0 Å². The topological polar surface area (TPSA) is 26.3 Å². The van der Waals surface area contributed by atoms with Gasteiger partial charge in [-0.15, -0.1) is 0 Å². The molecule has 2 heteroatoms. The number of benzene rings is 1. The van der Waals surface area contributed by atoms with Crippen LogP contribution in [-0.4, -0.2) is 11.6 Å². The van der Waals surface area contributed by atoms with Gasteiger partial charge in [0.1, 0.15) is 5.60 Å². The molecule has 1 atom stereocenters. The third-order valence-corrected chi connectivity index (χ3v) is 3.31. The molecule has 1 aromatic carbocycles. The summed E-state index contributed by atoms with van der Waals surface area (Å²) >= 11 is 0. The minimum absolute atomic E-state index is 0.119. The average Bonchev–Trinajstić information content (AvgIpc) is 2.27. The molecule has 0 saturated heterocycles. The molecule has 0 aliphatic heterocycles. The van der Waals surface area contributed by atoms with E-state index in [2.05, 4.69) is 19.1 Å². The summed E-state index contributed by atoms with van der Waals surface area (Å²) in [5.41, 5.74) is 0.188. The van der Waals surface area contributed by atoms with Crippen molar-refractivity contribution in [3.8, 4) is 0 Å². The Morgan fingerprint density at radius 3 is 2.00 bits per heavy atom. The normalized spacial score (nSPS) is 14.1. The molecule has 0 aliphatic carbocycles. The molecule has 0 aliphatic rings. The van der Waals surface area contributed by atoms with E-state index in [9.17, 15) is 4.79 Å². The summed E-state index contributed by atoms with van der Waals surface area (Å²) in [5.74, 6) is -0.0279. The predicted octanol–water partition coefficient (Wildman–Crippen LogP) is 4.16. The highest BCUT2D eigenvalue weighted by molar-refractivity contribution is 5.77. The van der Waals surface area contributed by atoms with Crippen LogP contribution >= 0.6 is 0 Å². The number of hydrogen-bond donors (Lipinski definition) is 0. The van der Waals surface area contributed by atoms with E-state index in [0.29, 0.717) is 0 Å². The van der Waals surface area contributed by atoms with Crippen molar-refractivity contribution in [3.05, 3.63) is 35.9 Å². The molecular weight excluding hydrogens is 224 g/mol. The number of carbonyl (C=O) groups is 1. The summed E-state index contributed by atoms with van der Waals surface area (Å²) in [6, 6.07) is 10.1. The summed E-state index contributed by atoms with van der Waals surface area (Å²) in [7, 11) is 0. The van der Waals surface area contributed by atoms with Gasteiger partial charge in [0.05, 0.1) is 5.41 Å². The fourth-order valence-electron chi connectivity index (χ4n) is 1.74. The zero-order valence-corrected chi connectivity index (χ0v) is 12.3. The number of hydrogen-bond acceptors (Lipinski definition) is 2. The van der Waals surface area contributed by atoms with Crippen molar-refractivity contribution in [2.24, 2.45) is 5.41 Å². The smallest absolute Gasteiger partial charge is 0.312 e. The predicted molar refractivity (Wildman–Crippen MR) is 74.5 cm³/mol. The first-order valence-electron chi connectivity index (χ1n) is 6.43. The second-order valence-corrected chi connectivity index (χ2v) is 6.36. The fourth-order valence-corrected chi connectivity index (χ4v) is 1.74. The van der Waals surface area contributed by atoms with Crippen LogP contribution in [0.2, 0.25) is 0 Å². The maximum atomic E-state index is 12.3. The fraction of sp³-hybridized carbons (Fsp3) is 0.562. The van der Waals surface area contributed by atoms with Gasteiger partial charge in [-0.1, -0.05) is 37.3 Å². The first kappa shape index (κ1) is 14.7. The molecule has 0 unspecified atom stereocenters. The van der Waals surface area contributed by atoms with Gasteiger partial charge in [-0.3, -0.25) is 4.79 Å². The monoisotopic (exact) mass is 248 g/mol. The summed E-state index contributed by atoms with van der Waals surface area (Å²) in [4.78, 5) is 12.3. The molecule has 100 valence electrons. The number of carbonyl (C=O) groups excluding carboxylic acids is 1. The second-order valence-electron chi connectivity index (χ2n) is 6.36.